The fraction of sp³-hybridized carbons (Fsp3) is 0.0769. The normalized spacial score (nSPS) is 11.2. The molecule has 0 aliphatic carbocycles. The average Bonchev–Trinajstić information content (AvgIpc) is 2.46. The van der Waals surface area contributed by atoms with Crippen molar-refractivity contribution in [3.05, 3.63) is 59.9 Å². The van der Waals surface area contributed by atoms with Crippen molar-refractivity contribution >= 4 is 5.84 Å². The first-order valence-corrected chi connectivity index (χ1v) is 5.39. The van der Waals surface area contributed by atoms with Gasteiger partial charge in [-0.1, -0.05) is 11.2 Å². The molecule has 92 valence electrons. The van der Waals surface area contributed by atoms with Crippen LogP contribution in [0.5, 0.6) is 5.75 Å². The Morgan fingerprint density at radius 1 is 1.28 bits per heavy atom. The highest BCUT2D eigenvalue weighted by atomic mass is 16.5. The van der Waals surface area contributed by atoms with Gasteiger partial charge in [0.05, 0.1) is 0 Å². The van der Waals surface area contributed by atoms with Gasteiger partial charge in [0.1, 0.15) is 12.4 Å². The largest absolute Gasteiger partial charge is 0.489 e. The Balaban J connectivity index is 1.99. The Morgan fingerprint density at radius 2 is 2.06 bits per heavy atom. The summed E-state index contributed by atoms with van der Waals surface area (Å²) in [7, 11) is 0. The van der Waals surface area contributed by atoms with Crippen molar-refractivity contribution in [2.24, 2.45) is 10.9 Å². The molecule has 0 unspecified atom stereocenters. The lowest BCUT2D eigenvalue weighted by molar-refractivity contribution is 0.305. The van der Waals surface area contributed by atoms with Crippen LogP contribution in [0.25, 0.3) is 0 Å². The maximum atomic E-state index is 8.53. The van der Waals surface area contributed by atoms with Gasteiger partial charge in [-0.2, -0.15) is 0 Å². The van der Waals surface area contributed by atoms with Gasteiger partial charge in [0.25, 0.3) is 0 Å². The smallest absolute Gasteiger partial charge is 0.170 e. The molecule has 3 N–H and O–H groups in total. The first-order valence-electron chi connectivity index (χ1n) is 5.39. The van der Waals surface area contributed by atoms with Crippen LogP contribution in [0.1, 0.15) is 11.1 Å². The number of oxime groups is 1. The quantitative estimate of drug-likeness (QED) is 0.371. The number of pyridine rings is 1. The van der Waals surface area contributed by atoms with Crippen molar-refractivity contribution in [2.75, 3.05) is 0 Å². The molecule has 2 aromatic rings. The molecule has 0 radical (unpaired) electrons. The van der Waals surface area contributed by atoms with E-state index >= 15 is 0 Å². The number of aromatic nitrogens is 1. The molecule has 0 atom stereocenters. The molecular weight excluding hydrogens is 230 g/mol. The second kappa shape index (κ2) is 5.67. The van der Waals surface area contributed by atoms with E-state index in [4.69, 9.17) is 15.7 Å². The monoisotopic (exact) mass is 243 g/mol. The summed E-state index contributed by atoms with van der Waals surface area (Å²) < 4.78 is 5.58. The van der Waals surface area contributed by atoms with E-state index in [1.807, 2.05) is 12.1 Å². The van der Waals surface area contributed by atoms with E-state index in [-0.39, 0.29) is 5.84 Å². The molecule has 18 heavy (non-hydrogen) atoms. The number of hydrogen-bond donors (Lipinski definition) is 2. The molecule has 2 rings (SSSR count). The van der Waals surface area contributed by atoms with E-state index < -0.39 is 0 Å². The average molecular weight is 243 g/mol. The summed E-state index contributed by atoms with van der Waals surface area (Å²) in [6.45, 7) is 0.455. The highest BCUT2D eigenvalue weighted by Gasteiger charge is 2.00. The molecule has 1 heterocycles. The predicted octanol–water partition coefficient (Wildman–Crippen LogP) is 1.76. The van der Waals surface area contributed by atoms with Crippen LogP contribution in [0, 0.1) is 0 Å². The van der Waals surface area contributed by atoms with Crippen LogP contribution in [0.15, 0.2) is 53.9 Å². The Labute approximate surface area is 105 Å². The Morgan fingerprint density at radius 3 is 2.67 bits per heavy atom. The number of hydrogen-bond acceptors (Lipinski definition) is 4. The summed E-state index contributed by atoms with van der Waals surface area (Å²) in [5.41, 5.74) is 7.10. The molecule has 1 aromatic carbocycles. The third-order valence-corrected chi connectivity index (χ3v) is 2.39. The van der Waals surface area contributed by atoms with Gasteiger partial charge in [-0.3, -0.25) is 4.98 Å². The Bertz CT molecular complexity index is 524. The highest BCUT2D eigenvalue weighted by Crippen LogP contribution is 2.13. The van der Waals surface area contributed by atoms with Crippen molar-refractivity contribution in [1.82, 2.24) is 4.98 Å². The predicted molar refractivity (Wildman–Crippen MR) is 67.5 cm³/mol. The molecule has 0 spiro atoms. The van der Waals surface area contributed by atoms with Gasteiger partial charge in [0, 0.05) is 23.5 Å². The first-order chi connectivity index (χ1) is 8.79. The maximum absolute atomic E-state index is 8.53. The van der Waals surface area contributed by atoms with Crippen LogP contribution in [0.2, 0.25) is 0 Å². The zero-order valence-electron chi connectivity index (χ0n) is 9.65. The van der Waals surface area contributed by atoms with Crippen molar-refractivity contribution in [3.63, 3.8) is 0 Å². The fourth-order valence-corrected chi connectivity index (χ4v) is 1.43. The number of benzene rings is 1. The number of nitrogens with zero attached hydrogens (tertiary/aromatic N) is 2. The Hall–Kier alpha value is -2.56. The molecule has 0 amide bonds. The van der Waals surface area contributed by atoms with Gasteiger partial charge in [-0.15, -0.1) is 0 Å². The van der Waals surface area contributed by atoms with Crippen LogP contribution in [0.3, 0.4) is 0 Å². The van der Waals surface area contributed by atoms with Crippen molar-refractivity contribution in [3.8, 4) is 5.75 Å². The minimum Gasteiger partial charge on any atom is -0.489 e. The van der Waals surface area contributed by atoms with Crippen LogP contribution >= 0.6 is 0 Å². The third-order valence-electron chi connectivity index (χ3n) is 2.39. The zero-order chi connectivity index (χ0) is 12.8. The molecule has 0 aliphatic rings. The van der Waals surface area contributed by atoms with Crippen LogP contribution < -0.4 is 10.5 Å². The van der Waals surface area contributed by atoms with Crippen molar-refractivity contribution < 1.29 is 9.94 Å². The van der Waals surface area contributed by atoms with Crippen LogP contribution in [-0.2, 0) is 6.61 Å². The molecule has 0 aliphatic heterocycles. The second-order valence-corrected chi connectivity index (χ2v) is 3.66. The molecule has 0 bridgehead atoms. The highest BCUT2D eigenvalue weighted by molar-refractivity contribution is 5.97. The minimum absolute atomic E-state index is 0.0776. The third kappa shape index (κ3) is 2.98. The van der Waals surface area contributed by atoms with Crippen molar-refractivity contribution in [1.29, 1.82) is 0 Å². The molecule has 5 heteroatoms. The lowest BCUT2D eigenvalue weighted by Crippen LogP contribution is -2.12. The number of ether oxygens (including phenoxy) is 1. The van der Waals surface area contributed by atoms with Crippen LogP contribution in [0.4, 0.5) is 0 Å². The molecule has 5 nitrogen and oxygen atoms in total. The van der Waals surface area contributed by atoms with E-state index in [9.17, 15) is 0 Å². The second-order valence-electron chi connectivity index (χ2n) is 3.66. The SMILES string of the molecule is N/C(=N/O)c1ccc(OCc2cccnc2)cc1. The van der Waals surface area contributed by atoms with Gasteiger partial charge >= 0.3 is 0 Å². The van der Waals surface area contributed by atoms with Gasteiger partial charge < -0.3 is 15.7 Å². The molecule has 1 aromatic heterocycles. The van der Waals surface area contributed by atoms with Gasteiger partial charge in [0.15, 0.2) is 5.84 Å². The lowest BCUT2D eigenvalue weighted by atomic mass is 10.2. The summed E-state index contributed by atoms with van der Waals surface area (Å²) in [5.74, 6) is 0.794. The molecule has 0 fully saturated rings. The topological polar surface area (TPSA) is 80.7 Å². The number of amidine groups is 1. The first kappa shape index (κ1) is 11.9. The molecular formula is C13H13N3O2. The van der Waals surface area contributed by atoms with E-state index in [0.717, 1.165) is 5.56 Å². The summed E-state index contributed by atoms with van der Waals surface area (Å²) in [4.78, 5) is 4.01. The standard InChI is InChI=1S/C13H13N3O2/c14-13(16-17)11-3-5-12(6-4-11)18-9-10-2-1-7-15-8-10/h1-8,17H,9H2,(H2,14,16). The maximum Gasteiger partial charge on any atom is 0.170 e. The van der Waals surface area contributed by atoms with Gasteiger partial charge in [-0.05, 0) is 30.3 Å². The fourth-order valence-electron chi connectivity index (χ4n) is 1.43. The van der Waals surface area contributed by atoms with E-state index in [2.05, 4.69) is 10.1 Å². The summed E-state index contributed by atoms with van der Waals surface area (Å²) in [5, 5.41) is 11.5. The minimum atomic E-state index is 0.0776. The Kier molecular flexibility index (Phi) is 3.76. The van der Waals surface area contributed by atoms with Crippen LogP contribution in [-0.4, -0.2) is 16.0 Å². The van der Waals surface area contributed by atoms with Crippen molar-refractivity contribution in [2.45, 2.75) is 6.61 Å². The zero-order valence-corrected chi connectivity index (χ0v) is 9.65. The summed E-state index contributed by atoms with van der Waals surface area (Å²) in [6, 6.07) is 10.8. The molecule has 0 saturated carbocycles. The van der Waals surface area contributed by atoms with Gasteiger partial charge in [0.2, 0.25) is 0 Å². The van der Waals surface area contributed by atoms with E-state index in [1.165, 1.54) is 0 Å². The summed E-state index contributed by atoms with van der Waals surface area (Å²) in [6.07, 6.45) is 3.47. The lowest BCUT2D eigenvalue weighted by Gasteiger charge is -2.06. The molecule has 0 saturated heterocycles. The van der Waals surface area contributed by atoms with E-state index in [1.54, 1.807) is 36.7 Å². The van der Waals surface area contributed by atoms with Gasteiger partial charge in [-0.25, -0.2) is 0 Å². The number of rotatable bonds is 4. The van der Waals surface area contributed by atoms with E-state index in [0.29, 0.717) is 17.9 Å². The summed E-state index contributed by atoms with van der Waals surface area (Å²) >= 11 is 0. The number of nitrogens with two attached hydrogens (primary N) is 1.